The van der Waals surface area contributed by atoms with E-state index in [4.69, 9.17) is 15.7 Å². The highest BCUT2D eigenvalue weighted by molar-refractivity contribution is 7.25. The highest BCUT2D eigenvalue weighted by atomic mass is 32.1. The number of fused-ring (bicyclic) bond motifs is 7. The summed E-state index contributed by atoms with van der Waals surface area (Å²) >= 11 is 1.84. The molecule has 0 unspecified atom stereocenters. The molecule has 2 N–H and O–H groups in total. The number of nitrogens with two attached hydrogens (primary N) is 1. The monoisotopic (exact) mass is 791 g/mol. The lowest BCUT2D eigenvalue weighted by Crippen LogP contribution is -2.17. The quantitative estimate of drug-likeness (QED) is 0.0883. The van der Waals surface area contributed by atoms with E-state index in [1.165, 1.54) is 30.9 Å². The number of para-hydroxylation sites is 1. The number of aliphatic imine (C=N–C) groups is 2. The Kier molecular flexibility index (Phi) is 9.60. The Labute approximate surface area is 352 Å². The molecule has 3 heterocycles. The predicted molar refractivity (Wildman–Crippen MR) is 257 cm³/mol. The van der Waals surface area contributed by atoms with Gasteiger partial charge >= 0.3 is 0 Å². The van der Waals surface area contributed by atoms with Crippen molar-refractivity contribution in [1.82, 2.24) is 9.13 Å². The number of hydrogen-bond acceptors (Lipinski definition) is 2. The minimum Gasteiger partial charge on any atom is -0.383 e. The fourth-order valence-corrected chi connectivity index (χ4v) is 9.39. The molecule has 0 aliphatic heterocycles. The van der Waals surface area contributed by atoms with Crippen LogP contribution in [0.2, 0.25) is 0 Å². The van der Waals surface area contributed by atoms with Crippen LogP contribution in [0.25, 0.3) is 75.4 Å². The van der Waals surface area contributed by atoms with Crippen LogP contribution in [-0.4, -0.2) is 20.8 Å². The summed E-state index contributed by atoms with van der Waals surface area (Å²) in [5.74, 6) is 0.908. The van der Waals surface area contributed by atoms with Gasteiger partial charge in [-0.3, -0.25) is 4.99 Å². The standard InChI is InChI=1S/C54H41N5S/c1-3-16-38(17-4-2)54(56-35-36-18-8-5-9-19-36)57-53(55)41-28-40(37-20-10-6-11-21-37)29-43(30-41)59-49-31-39-26-27-58(42-22-12-7-13-23-42)48(39)33-46(49)45-32-47-44-24-14-15-25-51(44)60-52(47)34-50(45)59/h3-34H,1,35H2,2H3,(H2,55,56,57)/b17-4-,38-16+. The van der Waals surface area contributed by atoms with Gasteiger partial charge in [0.25, 0.3) is 0 Å². The van der Waals surface area contributed by atoms with E-state index < -0.39 is 0 Å². The number of aromatic nitrogens is 2. The third-order valence-corrected chi connectivity index (χ3v) is 12.2. The van der Waals surface area contributed by atoms with E-state index in [0.29, 0.717) is 18.2 Å². The van der Waals surface area contributed by atoms with Gasteiger partial charge in [0, 0.05) is 65.0 Å². The summed E-state index contributed by atoms with van der Waals surface area (Å²) in [6.07, 6.45) is 9.82. The second kappa shape index (κ2) is 15.7. The van der Waals surface area contributed by atoms with E-state index >= 15 is 0 Å². The van der Waals surface area contributed by atoms with Crippen molar-refractivity contribution in [2.24, 2.45) is 15.7 Å². The van der Waals surface area contributed by atoms with E-state index in [1.54, 1.807) is 6.08 Å². The van der Waals surface area contributed by atoms with Crippen molar-refractivity contribution in [3.63, 3.8) is 0 Å². The number of amidine groups is 2. The van der Waals surface area contributed by atoms with Crippen molar-refractivity contribution in [1.29, 1.82) is 0 Å². The molecular formula is C54H41N5S. The first-order chi connectivity index (χ1) is 29.6. The summed E-state index contributed by atoms with van der Waals surface area (Å²) in [6.45, 7) is 6.42. The van der Waals surface area contributed by atoms with Gasteiger partial charge in [-0.25, -0.2) is 4.99 Å². The lowest BCUT2D eigenvalue weighted by atomic mass is 10.0. The Hall–Kier alpha value is -7.54. The molecule has 0 aliphatic carbocycles. The van der Waals surface area contributed by atoms with E-state index in [-0.39, 0.29) is 0 Å². The van der Waals surface area contributed by atoms with Gasteiger partial charge in [0.2, 0.25) is 0 Å². The molecule has 0 bridgehead atoms. The first-order valence-corrected chi connectivity index (χ1v) is 20.9. The van der Waals surface area contributed by atoms with Crippen LogP contribution in [0.4, 0.5) is 0 Å². The summed E-state index contributed by atoms with van der Waals surface area (Å²) in [6, 6.07) is 58.2. The largest absolute Gasteiger partial charge is 0.383 e. The SMILES string of the molecule is C=C/C=C(\C=C/C)C(=NCc1ccccc1)N=C(N)c1cc(-c2ccccc2)cc(-n2c3cc4ccn(-c5ccccc5)c4cc3c3cc4c(cc32)sc2ccccc24)c1. The molecule has 10 aromatic rings. The average Bonchev–Trinajstić information content (AvgIpc) is 3.97. The Morgan fingerprint density at radius 3 is 2.15 bits per heavy atom. The number of benzene rings is 7. The fourth-order valence-electron chi connectivity index (χ4n) is 8.27. The molecule has 6 heteroatoms. The van der Waals surface area contributed by atoms with Crippen LogP contribution in [0.3, 0.4) is 0 Å². The van der Waals surface area contributed by atoms with Gasteiger partial charge in [0.05, 0.1) is 23.1 Å². The number of nitrogens with zero attached hydrogens (tertiary/aromatic N) is 4. The van der Waals surface area contributed by atoms with Crippen molar-refractivity contribution in [3.8, 4) is 22.5 Å². The second-order valence-corrected chi connectivity index (χ2v) is 15.9. The van der Waals surface area contributed by atoms with Gasteiger partial charge in [-0.1, -0.05) is 128 Å². The van der Waals surface area contributed by atoms with Gasteiger partial charge in [-0.05, 0) is 90.3 Å². The zero-order valence-corrected chi connectivity index (χ0v) is 34.0. The van der Waals surface area contributed by atoms with Crippen LogP contribution in [0.5, 0.6) is 0 Å². The summed E-state index contributed by atoms with van der Waals surface area (Å²) < 4.78 is 7.21. The maximum Gasteiger partial charge on any atom is 0.157 e. The van der Waals surface area contributed by atoms with Gasteiger partial charge in [0.1, 0.15) is 5.84 Å². The van der Waals surface area contributed by atoms with Crippen molar-refractivity contribution < 1.29 is 0 Å². The van der Waals surface area contributed by atoms with Crippen LogP contribution in [0, 0.1) is 0 Å². The number of rotatable bonds is 9. The normalized spacial score (nSPS) is 12.8. The molecular weight excluding hydrogens is 751 g/mol. The zero-order valence-electron chi connectivity index (χ0n) is 33.2. The van der Waals surface area contributed by atoms with Crippen molar-refractivity contribution in [2.75, 3.05) is 0 Å². The first-order valence-electron chi connectivity index (χ1n) is 20.1. The number of hydrogen-bond donors (Lipinski definition) is 1. The summed E-state index contributed by atoms with van der Waals surface area (Å²) in [7, 11) is 0. The summed E-state index contributed by atoms with van der Waals surface area (Å²) in [5, 5.41) is 6.08. The van der Waals surface area contributed by atoms with Crippen LogP contribution in [-0.2, 0) is 6.54 Å². The molecule has 0 amide bonds. The molecule has 0 radical (unpaired) electrons. The molecule has 288 valence electrons. The lowest BCUT2D eigenvalue weighted by Gasteiger charge is -2.14. The maximum atomic E-state index is 7.12. The van der Waals surface area contributed by atoms with Gasteiger partial charge in [0.15, 0.2) is 5.84 Å². The first kappa shape index (κ1) is 36.8. The highest BCUT2D eigenvalue weighted by Gasteiger charge is 2.20. The van der Waals surface area contributed by atoms with Gasteiger partial charge in [-0.15, -0.1) is 11.3 Å². The molecule has 10 rings (SSSR count). The van der Waals surface area contributed by atoms with Crippen molar-refractivity contribution >= 4 is 75.9 Å². The minimum absolute atomic E-state index is 0.371. The summed E-state index contributed by atoms with van der Waals surface area (Å²) in [4.78, 5) is 10.1. The van der Waals surface area contributed by atoms with E-state index in [2.05, 4.69) is 161 Å². The Morgan fingerprint density at radius 1 is 0.650 bits per heavy atom. The van der Waals surface area contributed by atoms with E-state index in [1.807, 2.05) is 60.8 Å². The molecule has 0 saturated heterocycles. The molecule has 3 aromatic heterocycles. The lowest BCUT2D eigenvalue weighted by molar-refractivity contribution is 1.06. The highest BCUT2D eigenvalue weighted by Crippen LogP contribution is 2.42. The minimum atomic E-state index is 0.371. The predicted octanol–water partition coefficient (Wildman–Crippen LogP) is 13.8. The summed E-state index contributed by atoms with van der Waals surface area (Å²) in [5.41, 5.74) is 17.5. The van der Waals surface area contributed by atoms with Crippen LogP contribution < -0.4 is 5.73 Å². The second-order valence-electron chi connectivity index (χ2n) is 14.9. The molecule has 5 nitrogen and oxygen atoms in total. The molecule has 0 saturated carbocycles. The molecule has 0 fully saturated rings. The van der Waals surface area contributed by atoms with Crippen LogP contribution in [0.1, 0.15) is 18.1 Å². The third kappa shape index (κ3) is 6.73. The van der Waals surface area contributed by atoms with Gasteiger partial charge in [-0.2, -0.15) is 0 Å². The van der Waals surface area contributed by atoms with Crippen molar-refractivity contribution in [3.05, 3.63) is 218 Å². The van der Waals surface area contributed by atoms with E-state index in [9.17, 15) is 0 Å². The Morgan fingerprint density at radius 2 is 1.37 bits per heavy atom. The Bertz CT molecular complexity index is 3360. The van der Waals surface area contributed by atoms with Crippen LogP contribution in [0.15, 0.2) is 216 Å². The molecule has 7 aromatic carbocycles. The number of allylic oxidation sites excluding steroid dienone is 3. The third-order valence-electron chi connectivity index (χ3n) is 11.1. The molecule has 0 aliphatic rings. The fraction of sp³-hybridized carbons (Fsp3) is 0.0370. The topological polar surface area (TPSA) is 60.6 Å². The van der Waals surface area contributed by atoms with Gasteiger partial charge < -0.3 is 14.9 Å². The Balaban J connectivity index is 1.23. The molecule has 0 atom stereocenters. The van der Waals surface area contributed by atoms with Crippen molar-refractivity contribution in [2.45, 2.75) is 13.5 Å². The number of thiophene rings is 1. The molecule has 60 heavy (non-hydrogen) atoms. The molecule has 0 spiro atoms. The average molecular weight is 792 g/mol. The van der Waals surface area contributed by atoms with E-state index in [0.717, 1.165) is 61.1 Å². The zero-order chi connectivity index (χ0) is 40.6. The smallest absolute Gasteiger partial charge is 0.157 e. The van der Waals surface area contributed by atoms with Crippen LogP contribution >= 0.6 is 11.3 Å². The maximum absolute atomic E-state index is 7.12.